The lowest BCUT2D eigenvalue weighted by atomic mass is 10.00. The van der Waals surface area contributed by atoms with Crippen molar-refractivity contribution in [2.75, 3.05) is 5.32 Å². The molecular weight excluding hydrogens is 509 g/mol. The number of carbonyl (C=O) groups is 2. The first-order valence-corrected chi connectivity index (χ1v) is 12.7. The summed E-state index contributed by atoms with van der Waals surface area (Å²) in [6.07, 6.45) is 2.69. The van der Waals surface area contributed by atoms with Crippen LogP contribution in [0.25, 0.3) is 33.4 Å². The number of pyridine rings is 2. The van der Waals surface area contributed by atoms with Crippen molar-refractivity contribution in [2.24, 2.45) is 0 Å². The van der Waals surface area contributed by atoms with Gasteiger partial charge in [-0.05, 0) is 86.0 Å². The molecule has 3 N–H and O–H groups in total. The van der Waals surface area contributed by atoms with Crippen LogP contribution < -0.4 is 10.6 Å². The molecule has 202 valence electrons. The van der Waals surface area contributed by atoms with Crippen molar-refractivity contribution in [3.63, 3.8) is 0 Å². The Bertz CT molecular complexity index is 1650. The first-order valence-electron chi connectivity index (χ1n) is 12.7. The number of hydrogen-bond donors (Lipinski definition) is 3. The summed E-state index contributed by atoms with van der Waals surface area (Å²) in [5, 5.41) is 6.29. The molecule has 0 fully saturated rings. The number of alkyl carbamates (subject to hydrolysis) is 1. The maximum atomic E-state index is 13.6. The third-order valence-electron chi connectivity index (χ3n) is 6.07. The quantitative estimate of drug-likeness (QED) is 0.225. The number of aromatic amines is 1. The molecule has 2 amide bonds. The molecule has 1 atom stereocenters. The summed E-state index contributed by atoms with van der Waals surface area (Å²) in [6.45, 7) is 5.25. The molecule has 3 heterocycles. The second-order valence-electron chi connectivity index (χ2n) is 10.2. The van der Waals surface area contributed by atoms with Crippen LogP contribution in [0.3, 0.4) is 0 Å². The summed E-state index contributed by atoms with van der Waals surface area (Å²) < 4.78 is 19.0. The highest BCUT2D eigenvalue weighted by Gasteiger charge is 2.26. The van der Waals surface area contributed by atoms with Gasteiger partial charge in [0.05, 0.1) is 5.69 Å². The summed E-state index contributed by atoms with van der Waals surface area (Å²) in [6, 6.07) is 21.4. The third-order valence-corrected chi connectivity index (χ3v) is 6.07. The summed E-state index contributed by atoms with van der Waals surface area (Å²) in [7, 11) is 0. The molecule has 8 nitrogen and oxygen atoms in total. The number of anilines is 1. The molecule has 2 aromatic carbocycles. The van der Waals surface area contributed by atoms with Crippen LogP contribution in [-0.4, -0.2) is 32.6 Å². The molecule has 5 rings (SSSR count). The topological polar surface area (TPSA) is 109 Å². The Hall–Kier alpha value is -5.05. The number of aromatic nitrogens is 3. The molecule has 0 radical (unpaired) electrons. The predicted octanol–water partition coefficient (Wildman–Crippen LogP) is 6.64. The van der Waals surface area contributed by atoms with E-state index in [1.54, 1.807) is 75.6 Å². The Morgan fingerprint density at radius 3 is 2.27 bits per heavy atom. The molecule has 40 heavy (non-hydrogen) atoms. The number of carbonyl (C=O) groups excluding carboxylic acids is 2. The maximum Gasteiger partial charge on any atom is 0.408 e. The Morgan fingerprint density at radius 1 is 0.900 bits per heavy atom. The van der Waals surface area contributed by atoms with Gasteiger partial charge < -0.3 is 20.4 Å². The smallest absolute Gasteiger partial charge is 0.408 e. The van der Waals surface area contributed by atoms with Gasteiger partial charge in [0, 0.05) is 23.3 Å². The number of benzene rings is 2. The summed E-state index contributed by atoms with van der Waals surface area (Å²) >= 11 is 0. The Kier molecular flexibility index (Phi) is 7.29. The van der Waals surface area contributed by atoms with Gasteiger partial charge in [0.2, 0.25) is 0 Å². The van der Waals surface area contributed by atoms with Gasteiger partial charge in [-0.3, -0.25) is 9.78 Å². The summed E-state index contributed by atoms with van der Waals surface area (Å²) in [4.78, 5) is 38.1. The van der Waals surface area contributed by atoms with E-state index in [0.717, 1.165) is 27.8 Å². The molecule has 0 saturated heterocycles. The van der Waals surface area contributed by atoms with Gasteiger partial charge in [-0.25, -0.2) is 14.2 Å². The highest BCUT2D eigenvalue weighted by Crippen LogP contribution is 2.38. The maximum absolute atomic E-state index is 13.6. The number of rotatable bonds is 6. The minimum absolute atomic E-state index is 0.289. The van der Waals surface area contributed by atoms with Crippen molar-refractivity contribution < 1.29 is 18.7 Å². The van der Waals surface area contributed by atoms with Gasteiger partial charge in [0.15, 0.2) is 0 Å². The van der Waals surface area contributed by atoms with E-state index >= 15 is 0 Å². The fourth-order valence-corrected chi connectivity index (χ4v) is 4.36. The number of nitrogens with one attached hydrogen (secondary N) is 3. The first kappa shape index (κ1) is 26.6. The highest BCUT2D eigenvalue weighted by molar-refractivity contribution is 6.04. The zero-order valence-corrected chi connectivity index (χ0v) is 22.2. The molecule has 0 aliphatic rings. The normalized spacial score (nSPS) is 12.1. The SMILES string of the molecule is CC(C)(C)OC(=O)N[C@H](C(=O)Nc1ccc2c(-c3ccncc3)c(-c3ccc(F)cc3)[nH]c2n1)c1ccccc1. The number of H-pyrrole nitrogens is 1. The van der Waals surface area contributed by atoms with Crippen LogP contribution in [0.5, 0.6) is 0 Å². The van der Waals surface area contributed by atoms with Crippen molar-refractivity contribution in [1.82, 2.24) is 20.3 Å². The number of ether oxygens (including phenoxy) is 1. The zero-order chi connectivity index (χ0) is 28.3. The number of amides is 2. The lowest BCUT2D eigenvalue weighted by molar-refractivity contribution is -0.118. The van der Waals surface area contributed by atoms with Crippen molar-refractivity contribution in [2.45, 2.75) is 32.4 Å². The fourth-order valence-electron chi connectivity index (χ4n) is 4.36. The van der Waals surface area contributed by atoms with Crippen LogP contribution >= 0.6 is 0 Å². The average molecular weight is 538 g/mol. The van der Waals surface area contributed by atoms with Crippen molar-refractivity contribution >= 4 is 28.9 Å². The molecular formula is C31H28FN5O3. The molecule has 0 aliphatic carbocycles. The van der Waals surface area contributed by atoms with Gasteiger partial charge in [0.1, 0.15) is 28.9 Å². The standard InChI is InChI=1S/C31H28FN5O3/c1-31(2,3)40-30(39)37-27(20-7-5-4-6-8-20)29(38)35-24-14-13-23-25(19-15-17-33-18-16-19)26(36-28(23)34-24)21-9-11-22(32)12-10-21/h4-18,27H,1-3H3,(H,37,39)(H2,34,35,36,38)/t27-/m0/s1. The van der Waals surface area contributed by atoms with Gasteiger partial charge >= 0.3 is 6.09 Å². The van der Waals surface area contributed by atoms with Gasteiger partial charge in [-0.15, -0.1) is 0 Å². The average Bonchev–Trinajstić information content (AvgIpc) is 3.31. The minimum Gasteiger partial charge on any atom is -0.444 e. The van der Waals surface area contributed by atoms with Crippen molar-refractivity contribution in [1.29, 1.82) is 0 Å². The summed E-state index contributed by atoms with van der Waals surface area (Å²) in [5.74, 6) is -0.525. The number of nitrogens with zero attached hydrogens (tertiary/aromatic N) is 2. The van der Waals surface area contributed by atoms with Crippen LogP contribution in [0.15, 0.2) is 91.3 Å². The van der Waals surface area contributed by atoms with Crippen LogP contribution in [0.4, 0.5) is 15.0 Å². The lowest BCUT2D eigenvalue weighted by Gasteiger charge is -2.23. The fraction of sp³-hybridized carbons (Fsp3) is 0.161. The second kappa shape index (κ2) is 11.0. The van der Waals surface area contributed by atoms with Crippen LogP contribution in [-0.2, 0) is 9.53 Å². The van der Waals surface area contributed by atoms with Crippen LogP contribution in [0.1, 0.15) is 32.4 Å². The van der Waals surface area contributed by atoms with Gasteiger partial charge in [0.25, 0.3) is 5.91 Å². The number of halogens is 1. The van der Waals surface area contributed by atoms with E-state index in [1.165, 1.54) is 12.1 Å². The van der Waals surface area contributed by atoms with Crippen molar-refractivity contribution in [3.05, 3.63) is 103 Å². The molecule has 3 aromatic heterocycles. The van der Waals surface area contributed by atoms with E-state index in [9.17, 15) is 14.0 Å². The number of hydrogen-bond acceptors (Lipinski definition) is 5. The first-order chi connectivity index (χ1) is 19.2. The third kappa shape index (κ3) is 5.99. The van der Waals surface area contributed by atoms with E-state index in [0.29, 0.717) is 11.2 Å². The molecule has 9 heteroatoms. The minimum atomic E-state index is -1.01. The van der Waals surface area contributed by atoms with Gasteiger partial charge in [-0.2, -0.15) is 0 Å². The second-order valence-corrected chi connectivity index (χ2v) is 10.2. The zero-order valence-electron chi connectivity index (χ0n) is 22.2. The molecule has 0 bridgehead atoms. The molecule has 0 saturated carbocycles. The van der Waals surface area contributed by atoms with Gasteiger partial charge in [-0.1, -0.05) is 30.3 Å². The van der Waals surface area contributed by atoms with E-state index in [1.807, 2.05) is 24.3 Å². The largest absolute Gasteiger partial charge is 0.444 e. The molecule has 0 aliphatic heterocycles. The van der Waals surface area contributed by atoms with E-state index in [-0.39, 0.29) is 11.6 Å². The lowest BCUT2D eigenvalue weighted by Crippen LogP contribution is -2.40. The highest BCUT2D eigenvalue weighted by atomic mass is 19.1. The van der Waals surface area contributed by atoms with E-state index in [4.69, 9.17) is 4.74 Å². The molecule has 0 spiro atoms. The predicted molar refractivity (Wildman–Crippen MR) is 152 cm³/mol. The monoisotopic (exact) mass is 537 g/mol. The summed E-state index contributed by atoms with van der Waals surface area (Å²) in [5.41, 5.74) is 3.71. The molecule has 5 aromatic rings. The van der Waals surface area contributed by atoms with E-state index in [2.05, 4.69) is 25.6 Å². The Balaban J connectivity index is 1.49. The van der Waals surface area contributed by atoms with Crippen LogP contribution in [0, 0.1) is 5.82 Å². The van der Waals surface area contributed by atoms with Crippen LogP contribution in [0.2, 0.25) is 0 Å². The Labute approximate surface area is 230 Å². The van der Waals surface area contributed by atoms with Crippen molar-refractivity contribution in [3.8, 4) is 22.4 Å². The van der Waals surface area contributed by atoms with E-state index < -0.39 is 23.6 Å². The molecule has 0 unspecified atom stereocenters. The number of fused-ring (bicyclic) bond motifs is 1. The Morgan fingerprint density at radius 2 is 1.60 bits per heavy atom.